The van der Waals surface area contributed by atoms with E-state index in [0.29, 0.717) is 6.42 Å². The summed E-state index contributed by atoms with van der Waals surface area (Å²) in [5, 5.41) is 8.22. The van der Waals surface area contributed by atoms with Crippen LogP contribution in [0.2, 0.25) is 0 Å². The fourth-order valence-electron chi connectivity index (χ4n) is 0.608. The van der Waals surface area contributed by atoms with Gasteiger partial charge >= 0.3 is 5.97 Å². The standard InChI is InChI=1S/C5H8O5/c1-5(9-7)3-2-4(6)8-10-5/h7H,2-3H2,1H3/t5-/m1/s1. The SMILES string of the molecule is C[C@]1(OO)CCC(=O)OO1. The van der Waals surface area contributed by atoms with E-state index in [4.69, 9.17) is 5.26 Å². The van der Waals surface area contributed by atoms with Crippen molar-refractivity contribution in [2.75, 3.05) is 0 Å². The molecule has 0 aromatic heterocycles. The van der Waals surface area contributed by atoms with Crippen LogP contribution in [0.3, 0.4) is 0 Å². The lowest BCUT2D eigenvalue weighted by Crippen LogP contribution is -2.37. The topological polar surface area (TPSA) is 65.0 Å². The first-order valence-electron chi connectivity index (χ1n) is 2.87. The summed E-state index contributed by atoms with van der Waals surface area (Å²) in [6.07, 6.45) is 0.486. The Balaban J connectivity index is 2.46. The Bertz CT molecular complexity index is 133. The van der Waals surface area contributed by atoms with Crippen molar-refractivity contribution in [2.45, 2.75) is 25.6 Å². The summed E-state index contributed by atoms with van der Waals surface area (Å²) in [6, 6.07) is 0. The van der Waals surface area contributed by atoms with Crippen LogP contribution in [0.25, 0.3) is 0 Å². The molecule has 0 aromatic rings. The molecule has 1 aliphatic heterocycles. The van der Waals surface area contributed by atoms with Gasteiger partial charge in [-0.05, 0) is 6.92 Å². The highest BCUT2D eigenvalue weighted by Gasteiger charge is 2.35. The molecule has 1 atom stereocenters. The molecule has 10 heavy (non-hydrogen) atoms. The lowest BCUT2D eigenvalue weighted by molar-refractivity contribution is -0.488. The number of carbonyl (C=O) groups excluding carboxylic acids is 1. The summed E-state index contributed by atoms with van der Waals surface area (Å²) in [6.45, 7) is 1.47. The van der Waals surface area contributed by atoms with Gasteiger partial charge in [0, 0.05) is 6.42 Å². The Kier molecular flexibility index (Phi) is 1.89. The number of carbonyl (C=O) groups is 1. The maximum absolute atomic E-state index is 10.4. The molecule has 0 unspecified atom stereocenters. The summed E-state index contributed by atoms with van der Waals surface area (Å²) in [5.41, 5.74) is 0. The molecule has 1 aliphatic rings. The smallest absolute Gasteiger partial charge is 0.295 e. The average Bonchev–Trinajstić information content (AvgIpc) is 1.96. The third-order valence-corrected chi connectivity index (χ3v) is 1.29. The van der Waals surface area contributed by atoms with E-state index < -0.39 is 11.8 Å². The van der Waals surface area contributed by atoms with Gasteiger partial charge in [-0.2, -0.15) is 4.89 Å². The molecule has 0 saturated carbocycles. The predicted octanol–water partition coefficient (Wildman–Crippen LogP) is 0.461. The summed E-state index contributed by atoms with van der Waals surface area (Å²) in [7, 11) is 0. The van der Waals surface area contributed by atoms with Gasteiger partial charge in [-0.3, -0.25) is 4.89 Å². The summed E-state index contributed by atoms with van der Waals surface area (Å²) >= 11 is 0. The van der Waals surface area contributed by atoms with Crippen LogP contribution in [-0.4, -0.2) is 17.0 Å². The molecule has 0 amide bonds. The van der Waals surface area contributed by atoms with Crippen molar-refractivity contribution in [1.29, 1.82) is 0 Å². The van der Waals surface area contributed by atoms with Crippen LogP contribution < -0.4 is 0 Å². The normalized spacial score (nSPS) is 33.6. The third-order valence-electron chi connectivity index (χ3n) is 1.29. The summed E-state index contributed by atoms with van der Waals surface area (Å²) < 4.78 is 0. The van der Waals surface area contributed by atoms with Gasteiger partial charge in [0.05, 0.1) is 6.42 Å². The lowest BCUT2D eigenvalue weighted by Gasteiger charge is -2.26. The highest BCUT2D eigenvalue weighted by atomic mass is 17.3. The number of rotatable bonds is 1. The van der Waals surface area contributed by atoms with Crippen molar-refractivity contribution in [3.63, 3.8) is 0 Å². The molecule has 0 spiro atoms. The van der Waals surface area contributed by atoms with Crippen molar-refractivity contribution in [3.8, 4) is 0 Å². The molecule has 5 heteroatoms. The van der Waals surface area contributed by atoms with Crippen molar-refractivity contribution >= 4 is 5.97 Å². The van der Waals surface area contributed by atoms with Gasteiger partial charge in [-0.25, -0.2) is 10.1 Å². The molecule has 1 heterocycles. The molecular formula is C5H8O5. The zero-order valence-electron chi connectivity index (χ0n) is 5.49. The highest BCUT2D eigenvalue weighted by Crippen LogP contribution is 2.23. The molecule has 0 aliphatic carbocycles. The fraction of sp³-hybridized carbons (Fsp3) is 0.800. The van der Waals surface area contributed by atoms with Gasteiger partial charge in [0.15, 0.2) is 0 Å². The second kappa shape index (κ2) is 2.53. The molecular weight excluding hydrogens is 140 g/mol. The second-order valence-corrected chi connectivity index (χ2v) is 2.26. The Labute approximate surface area is 57.3 Å². The Morgan fingerprint density at radius 2 is 2.50 bits per heavy atom. The molecule has 0 radical (unpaired) electrons. The van der Waals surface area contributed by atoms with E-state index in [2.05, 4.69) is 14.7 Å². The lowest BCUT2D eigenvalue weighted by atomic mass is 10.1. The zero-order chi connectivity index (χ0) is 7.61. The van der Waals surface area contributed by atoms with Crippen LogP contribution >= 0.6 is 0 Å². The van der Waals surface area contributed by atoms with Gasteiger partial charge < -0.3 is 0 Å². The van der Waals surface area contributed by atoms with Gasteiger partial charge in [0.2, 0.25) is 5.79 Å². The minimum absolute atomic E-state index is 0.192. The van der Waals surface area contributed by atoms with Gasteiger partial charge in [0.1, 0.15) is 0 Å². The number of hydrogen-bond acceptors (Lipinski definition) is 5. The molecule has 0 aromatic carbocycles. The monoisotopic (exact) mass is 148 g/mol. The minimum atomic E-state index is -1.19. The fourth-order valence-corrected chi connectivity index (χ4v) is 0.608. The van der Waals surface area contributed by atoms with E-state index in [1.54, 1.807) is 0 Å². The van der Waals surface area contributed by atoms with Crippen LogP contribution in [0, 0.1) is 0 Å². The van der Waals surface area contributed by atoms with Crippen molar-refractivity contribution < 1.29 is 24.7 Å². The van der Waals surface area contributed by atoms with Crippen molar-refractivity contribution in [3.05, 3.63) is 0 Å². The molecule has 1 N–H and O–H groups in total. The van der Waals surface area contributed by atoms with E-state index in [1.165, 1.54) is 6.92 Å². The largest absolute Gasteiger partial charge is 0.342 e. The van der Waals surface area contributed by atoms with Crippen LogP contribution in [0.1, 0.15) is 19.8 Å². The Morgan fingerprint density at radius 1 is 1.80 bits per heavy atom. The summed E-state index contributed by atoms with van der Waals surface area (Å²) in [4.78, 5) is 22.9. The maximum Gasteiger partial charge on any atom is 0.342 e. The molecule has 1 saturated heterocycles. The first-order valence-corrected chi connectivity index (χ1v) is 2.87. The molecule has 58 valence electrons. The maximum atomic E-state index is 10.4. The zero-order valence-corrected chi connectivity index (χ0v) is 5.49. The quantitative estimate of drug-likeness (QED) is 0.432. The van der Waals surface area contributed by atoms with E-state index in [0.717, 1.165) is 0 Å². The van der Waals surface area contributed by atoms with E-state index in [9.17, 15) is 4.79 Å². The van der Waals surface area contributed by atoms with Crippen LogP contribution in [0.15, 0.2) is 0 Å². The number of hydrogen-bond donors (Lipinski definition) is 1. The summed E-state index contributed by atoms with van der Waals surface area (Å²) in [5.74, 6) is -1.64. The predicted molar refractivity (Wildman–Crippen MR) is 28.5 cm³/mol. The van der Waals surface area contributed by atoms with Crippen molar-refractivity contribution in [2.24, 2.45) is 0 Å². The first-order chi connectivity index (χ1) is 4.66. The van der Waals surface area contributed by atoms with Gasteiger partial charge in [-0.15, -0.1) is 4.89 Å². The Morgan fingerprint density at radius 3 is 2.90 bits per heavy atom. The average molecular weight is 148 g/mol. The van der Waals surface area contributed by atoms with E-state index >= 15 is 0 Å². The van der Waals surface area contributed by atoms with E-state index in [-0.39, 0.29) is 6.42 Å². The second-order valence-electron chi connectivity index (χ2n) is 2.26. The van der Waals surface area contributed by atoms with E-state index in [1.807, 2.05) is 0 Å². The molecule has 1 fully saturated rings. The minimum Gasteiger partial charge on any atom is -0.295 e. The third kappa shape index (κ3) is 1.44. The van der Waals surface area contributed by atoms with Crippen LogP contribution in [-0.2, 0) is 19.5 Å². The van der Waals surface area contributed by atoms with Crippen LogP contribution in [0.4, 0.5) is 0 Å². The van der Waals surface area contributed by atoms with Gasteiger partial charge in [0.25, 0.3) is 0 Å². The van der Waals surface area contributed by atoms with Crippen LogP contribution in [0.5, 0.6) is 0 Å². The van der Waals surface area contributed by atoms with Gasteiger partial charge in [-0.1, -0.05) is 0 Å². The van der Waals surface area contributed by atoms with Crippen molar-refractivity contribution in [1.82, 2.24) is 0 Å². The molecule has 1 rings (SSSR count). The molecule has 5 nitrogen and oxygen atoms in total. The molecule has 0 bridgehead atoms. The Hall–Kier alpha value is -0.650. The highest BCUT2D eigenvalue weighted by molar-refractivity contribution is 5.69. The first kappa shape index (κ1) is 7.46.